The Morgan fingerprint density at radius 2 is 0.914 bits per heavy atom. The molecule has 26 nitrogen and oxygen atoms in total. The number of hydrogen-bond acceptors (Lipinski definition) is 20. The average molecular weight is 1580 g/mol. The van der Waals surface area contributed by atoms with Crippen LogP contribution < -0.4 is 14.2 Å². The first-order valence-electron chi connectivity index (χ1n) is 38.7. The van der Waals surface area contributed by atoms with Crippen molar-refractivity contribution in [1.82, 2.24) is 39.3 Å². The summed E-state index contributed by atoms with van der Waals surface area (Å²) in [7, 11) is 0. The van der Waals surface area contributed by atoms with E-state index in [0.717, 1.165) is 75.1 Å². The van der Waals surface area contributed by atoms with Gasteiger partial charge in [-0.2, -0.15) is 18.4 Å². The number of carbonyl (C=O) groups excluding carboxylic acids is 9. The van der Waals surface area contributed by atoms with Crippen LogP contribution in [-0.4, -0.2) is 165 Å². The number of quaternary nitrogens is 1. The number of ether oxygens (including phenoxy) is 4. The van der Waals surface area contributed by atoms with Gasteiger partial charge in [0, 0.05) is 97.5 Å². The molecule has 0 spiro atoms. The Bertz CT molecular complexity index is 5160. The zero-order valence-electron chi connectivity index (χ0n) is 63.6. The first-order valence-corrected chi connectivity index (χ1v) is 38.7. The number of carboxylic acid groups (broad SMARTS) is 1. The van der Waals surface area contributed by atoms with Crippen LogP contribution >= 0.6 is 0 Å². The van der Waals surface area contributed by atoms with Crippen LogP contribution in [0.3, 0.4) is 0 Å². The molecule has 3 saturated carbocycles. The number of amides is 3. The largest absolute Gasteiger partial charge is 0.632 e. The summed E-state index contributed by atoms with van der Waals surface area (Å²) in [5.74, 6) is -0.132. The van der Waals surface area contributed by atoms with Gasteiger partial charge >= 0.3 is 6.18 Å². The SMILES string of the molecule is N#Cc1ccc2c(c1)CN(Cc1ccc(COc3cccc4c3CN([C@H]3CCC(=O)CC3=O)C4=O)cc1)CC2.O=C1CCC(N2Cc3c(OCc4ccc(CN5CCn6c(nnc6C(F)(F)F)C5)cc4)cccc3C2=O)C(=O)C1.O=C1CCC(N2Cc3c(OCc4ccc(C[N+]5([O-])CCOCC5)cc4)cccc3C2=O)C(=O)C1.O=CO. The fraction of sp³-hybridized carbons (Fsp3) is 0.368. The van der Waals surface area contributed by atoms with Crippen LogP contribution in [-0.2, 0) is 130 Å². The molecular weight excluding hydrogens is 1500 g/mol. The van der Waals surface area contributed by atoms with Crippen molar-refractivity contribution in [3.8, 4) is 23.3 Å². The molecule has 3 atom stereocenters. The van der Waals surface area contributed by atoms with Crippen LogP contribution in [0.15, 0.2) is 146 Å². The van der Waals surface area contributed by atoms with Crippen LogP contribution in [0, 0.1) is 16.5 Å². The van der Waals surface area contributed by atoms with Gasteiger partial charge in [0.25, 0.3) is 24.2 Å². The number of Topliss-reactive ketones (excluding diaryl/α,β-unsaturated/α-hetero) is 6. The summed E-state index contributed by atoms with van der Waals surface area (Å²) in [4.78, 5) is 129. The van der Waals surface area contributed by atoms with Gasteiger partial charge in [0.05, 0.1) is 88.4 Å². The summed E-state index contributed by atoms with van der Waals surface area (Å²) >= 11 is 0. The predicted octanol–water partition coefficient (Wildman–Crippen LogP) is 10.3. The zero-order valence-corrected chi connectivity index (χ0v) is 63.6. The lowest BCUT2D eigenvalue weighted by Crippen LogP contribution is -2.49. The van der Waals surface area contributed by atoms with E-state index < -0.39 is 30.1 Å². The van der Waals surface area contributed by atoms with Gasteiger partial charge in [-0.1, -0.05) is 97.1 Å². The highest BCUT2D eigenvalue weighted by Crippen LogP contribution is 2.39. The number of halogens is 3. The summed E-state index contributed by atoms with van der Waals surface area (Å²) < 4.78 is 63.7. The molecule has 7 aromatic carbocycles. The fourth-order valence-corrected chi connectivity index (χ4v) is 16.5. The molecule has 4 fully saturated rings. The number of benzene rings is 7. The van der Waals surface area contributed by atoms with Crippen LogP contribution in [0.4, 0.5) is 13.2 Å². The van der Waals surface area contributed by atoms with Gasteiger partial charge in [0.2, 0.25) is 5.82 Å². The normalized spacial score (nSPS) is 19.7. The van der Waals surface area contributed by atoms with Crippen LogP contribution in [0.5, 0.6) is 17.2 Å². The molecule has 600 valence electrons. The van der Waals surface area contributed by atoms with Gasteiger partial charge in [-0.25, -0.2) is 0 Å². The minimum atomic E-state index is -4.52. The lowest BCUT2D eigenvalue weighted by Gasteiger charge is -2.45. The average Bonchev–Trinajstić information content (AvgIpc) is 1.63. The van der Waals surface area contributed by atoms with Crippen molar-refractivity contribution in [2.45, 2.75) is 167 Å². The smallest absolute Gasteiger partial charge is 0.451 e. The Morgan fingerprint density at radius 3 is 1.32 bits per heavy atom. The van der Waals surface area contributed by atoms with Gasteiger partial charge in [-0.05, 0) is 113 Å². The van der Waals surface area contributed by atoms with E-state index in [0.29, 0.717) is 156 Å². The van der Waals surface area contributed by atoms with E-state index >= 15 is 0 Å². The summed E-state index contributed by atoms with van der Waals surface area (Å²) in [6.45, 7) is 8.15. The second-order valence-electron chi connectivity index (χ2n) is 30.4. The van der Waals surface area contributed by atoms with E-state index in [1.54, 1.807) is 57.2 Å². The van der Waals surface area contributed by atoms with Crippen molar-refractivity contribution in [2.24, 2.45) is 0 Å². The number of hydrogen-bond donors (Lipinski definition) is 1. The number of carbonyl (C=O) groups is 10. The number of morpholine rings is 1. The molecule has 3 amide bonds. The van der Waals surface area contributed by atoms with Gasteiger partial charge in [-0.15, -0.1) is 10.2 Å². The number of ketones is 6. The van der Waals surface area contributed by atoms with E-state index in [2.05, 4.69) is 51.5 Å². The number of aromatic nitrogens is 3. The quantitative estimate of drug-likeness (QED) is 0.0361. The third-order valence-electron chi connectivity index (χ3n) is 22.6. The first kappa shape index (κ1) is 80.7. The number of nitriles is 1. The van der Waals surface area contributed by atoms with Gasteiger partial charge in [-0.3, -0.25) is 57.7 Å². The third kappa shape index (κ3) is 18.5. The number of nitrogens with zero attached hydrogens (tertiary/aromatic N) is 10. The number of fused-ring (bicyclic) bond motifs is 5. The lowest BCUT2D eigenvalue weighted by molar-refractivity contribution is -0.901. The first-order chi connectivity index (χ1) is 56.0. The number of alkyl halides is 3. The minimum Gasteiger partial charge on any atom is -0.632 e. The van der Waals surface area contributed by atoms with E-state index in [1.807, 2.05) is 77.7 Å². The zero-order chi connectivity index (χ0) is 81.4. The Labute approximate surface area is 666 Å². The van der Waals surface area contributed by atoms with Crippen molar-refractivity contribution in [3.05, 3.63) is 246 Å². The maximum absolute atomic E-state index is 13.1. The van der Waals surface area contributed by atoms with Gasteiger partial charge < -0.3 is 53.2 Å². The maximum atomic E-state index is 13.1. The molecule has 0 radical (unpaired) electrons. The highest BCUT2D eigenvalue weighted by atomic mass is 19.4. The number of hydroxylamine groups is 3. The molecule has 1 N–H and O–H groups in total. The predicted molar refractivity (Wildman–Crippen MR) is 409 cm³/mol. The highest BCUT2D eigenvalue weighted by Gasteiger charge is 2.44. The summed E-state index contributed by atoms with van der Waals surface area (Å²) in [5, 5.41) is 35.9. The molecule has 1 aromatic heterocycles. The van der Waals surface area contributed by atoms with E-state index in [1.165, 1.54) is 16.7 Å². The van der Waals surface area contributed by atoms with Crippen molar-refractivity contribution >= 4 is 58.9 Å². The lowest BCUT2D eigenvalue weighted by atomic mass is 9.92. The molecule has 29 heteroatoms. The molecule has 8 aromatic rings. The molecule has 6 aliphatic heterocycles. The Hall–Kier alpha value is -11.9. The molecular formula is C87H85F3N10O16. The Kier molecular flexibility index (Phi) is 24.6. The van der Waals surface area contributed by atoms with Crippen molar-refractivity contribution in [3.63, 3.8) is 0 Å². The monoisotopic (exact) mass is 1580 g/mol. The number of rotatable bonds is 18. The van der Waals surface area contributed by atoms with E-state index in [4.69, 9.17) is 28.8 Å². The van der Waals surface area contributed by atoms with Crippen LogP contribution in [0.25, 0.3) is 0 Å². The maximum Gasteiger partial charge on any atom is 0.451 e. The molecule has 116 heavy (non-hydrogen) atoms. The highest BCUT2D eigenvalue weighted by molar-refractivity contribution is 6.10. The van der Waals surface area contributed by atoms with Crippen molar-refractivity contribution in [1.29, 1.82) is 5.26 Å². The Morgan fingerprint density at radius 1 is 0.509 bits per heavy atom. The minimum absolute atomic E-state index is 0.0501. The van der Waals surface area contributed by atoms with Crippen molar-refractivity contribution in [2.75, 3.05) is 39.4 Å². The summed E-state index contributed by atoms with van der Waals surface area (Å²) in [6.07, 6.45) is -1.73. The molecule has 1 saturated heterocycles. The fourth-order valence-electron chi connectivity index (χ4n) is 16.5. The van der Waals surface area contributed by atoms with Gasteiger partial charge in [0.1, 0.15) is 79.9 Å². The second kappa shape index (κ2) is 35.4. The van der Waals surface area contributed by atoms with Crippen LogP contribution in [0.1, 0.15) is 167 Å². The molecule has 3 aliphatic carbocycles. The van der Waals surface area contributed by atoms with E-state index in [-0.39, 0.29) is 109 Å². The molecule has 0 bridgehead atoms. The second-order valence-corrected chi connectivity index (χ2v) is 30.4. The molecule has 17 rings (SSSR count). The van der Waals surface area contributed by atoms with E-state index in [9.17, 15) is 66.8 Å². The van der Waals surface area contributed by atoms with Crippen LogP contribution in [0.2, 0.25) is 0 Å². The van der Waals surface area contributed by atoms with Gasteiger partial charge in [0.15, 0.2) is 17.3 Å². The summed E-state index contributed by atoms with van der Waals surface area (Å²) in [5.41, 5.74) is 13.3. The van der Waals surface area contributed by atoms with Crippen molar-refractivity contribution < 1.29 is 89.8 Å². The topological polar surface area (TPSA) is 322 Å². The standard InChI is InChI=1S/C32H29N3O4.C28H26F3N5O4.C26H28N2O6.CH2O2/c33-16-23-8-9-24-12-13-34(18-25(24)14-23)17-21-4-6-22(7-5-21)20-39-31-3-1-2-27-28(31)19-35(32(27)38)29-11-10-26(36)15-30(29)37;29-28(30,31)27-33-32-25-15-34(10-11-35(25)27)13-17-4-6-18(7-5-17)16-40-24-3-1-2-20-21(24)14-36(26(20)39)22-9-8-19(37)12-23(22)38;29-20-8-9-23(24(30)14-20)27-15-22-21(26(27)31)2-1-3-25(22)34-17-19-6-4-18(5-7-19)16-28(32)10-12-33-13-11-28;2-1-3/h1-9,14,29H,10-13,15,17-20H2;1-7,22H,8-16H2;1-7,23H,8-17H2;1H,(H,2,3)/t29-;;;/m0.../s1. The molecule has 9 aliphatic rings. The summed E-state index contributed by atoms with van der Waals surface area (Å²) in [6, 6.07) is 46.6. The molecule has 7 heterocycles. The third-order valence-corrected chi connectivity index (χ3v) is 22.6. The molecule has 2 unspecified atom stereocenters. The Balaban J connectivity index is 0.000000141.